The van der Waals surface area contributed by atoms with Crippen LogP contribution in [0.2, 0.25) is 0 Å². The topological polar surface area (TPSA) is 63.2 Å². The minimum absolute atomic E-state index is 0.0942. The van der Waals surface area contributed by atoms with Crippen molar-refractivity contribution in [1.82, 2.24) is 4.98 Å². The first kappa shape index (κ1) is 18.4. The molecule has 6 heteroatoms. The van der Waals surface area contributed by atoms with Gasteiger partial charge in [0.25, 0.3) is 0 Å². The zero-order valence-electron chi connectivity index (χ0n) is 14.9. The second-order valence-corrected chi connectivity index (χ2v) is 5.99. The molecule has 138 valence electrons. The lowest BCUT2D eigenvalue weighted by molar-refractivity contribution is -0.115. The van der Waals surface area contributed by atoms with E-state index in [-0.39, 0.29) is 18.1 Å². The monoisotopic (exact) mass is 365 g/mol. The van der Waals surface area contributed by atoms with E-state index in [0.29, 0.717) is 17.9 Å². The second kappa shape index (κ2) is 8.80. The molecule has 0 bridgehead atoms. The van der Waals surface area contributed by atoms with Crippen LogP contribution in [0.25, 0.3) is 0 Å². The van der Waals surface area contributed by atoms with Crippen molar-refractivity contribution in [2.24, 2.45) is 0 Å². The van der Waals surface area contributed by atoms with Gasteiger partial charge in [0.15, 0.2) is 0 Å². The number of pyridine rings is 1. The molecule has 0 aliphatic carbocycles. The van der Waals surface area contributed by atoms with Crippen molar-refractivity contribution in [1.29, 1.82) is 0 Å². The Morgan fingerprint density at radius 1 is 1.07 bits per heavy atom. The Kier molecular flexibility index (Phi) is 5.99. The molecule has 0 fully saturated rings. The number of anilines is 2. The van der Waals surface area contributed by atoms with Crippen LogP contribution < -0.4 is 15.4 Å². The number of rotatable bonds is 7. The van der Waals surface area contributed by atoms with Gasteiger partial charge in [0.2, 0.25) is 5.91 Å². The van der Waals surface area contributed by atoms with E-state index in [1.807, 2.05) is 30.3 Å². The smallest absolute Gasteiger partial charge is 0.229 e. The molecular formula is C21H20FN3O2. The number of nitrogens with one attached hydrogen (secondary N) is 2. The third-order valence-corrected chi connectivity index (χ3v) is 3.94. The van der Waals surface area contributed by atoms with Gasteiger partial charge in [0.1, 0.15) is 17.4 Å². The van der Waals surface area contributed by atoms with E-state index in [9.17, 15) is 9.18 Å². The van der Waals surface area contributed by atoms with Gasteiger partial charge in [-0.1, -0.05) is 24.3 Å². The highest BCUT2D eigenvalue weighted by atomic mass is 19.1. The lowest BCUT2D eigenvalue weighted by Crippen LogP contribution is -2.15. The number of carbonyl (C=O) groups is 1. The number of hydrogen-bond acceptors (Lipinski definition) is 4. The minimum atomic E-state index is -0.356. The van der Waals surface area contributed by atoms with Crippen LogP contribution in [0.3, 0.4) is 0 Å². The maximum atomic E-state index is 13.2. The van der Waals surface area contributed by atoms with E-state index in [1.165, 1.54) is 12.1 Å². The predicted molar refractivity (Wildman–Crippen MR) is 103 cm³/mol. The molecule has 2 aromatic carbocycles. The molecule has 0 atom stereocenters. The first-order valence-corrected chi connectivity index (χ1v) is 8.49. The van der Waals surface area contributed by atoms with Crippen LogP contribution in [0.4, 0.5) is 15.9 Å². The molecule has 0 aliphatic heterocycles. The van der Waals surface area contributed by atoms with E-state index in [2.05, 4.69) is 15.6 Å². The first-order chi connectivity index (χ1) is 13.1. The number of halogens is 1. The van der Waals surface area contributed by atoms with Crippen LogP contribution in [0.15, 0.2) is 66.9 Å². The highest BCUT2D eigenvalue weighted by Crippen LogP contribution is 2.15. The number of ether oxygens (including phenoxy) is 1. The molecule has 3 aromatic rings. The summed E-state index contributed by atoms with van der Waals surface area (Å²) in [5.74, 6) is 0.669. The molecule has 0 unspecified atom stereocenters. The van der Waals surface area contributed by atoms with E-state index in [0.717, 1.165) is 17.0 Å². The van der Waals surface area contributed by atoms with Crippen LogP contribution >= 0.6 is 0 Å². The lowest BCUT2D eigenvalue weighted by Gasteiger charge is -2.09. The van der Waals surface area contributed by atoms with Gasteiger partial charge in [0.05, 0.1) is 25.4 Å². The Bertz CT molecular complexity index is 896. The molecule has 2 N–H and O–H groups in total. The zero-order valence-corrected chi connectivity index (χ0v) is 14.9. The summed E-state index contributed by atoms with van der Waals surface area (Å²) in [7, 11) is 1.64. The van der Waals surface area contributed by atoms with Crippen molar-refractivity contribution in [2.45, 2.75) is 13.0 Å². The van der Waals surface area contributed by atoms with Crippen molar-refractivity contribution in [3.05, 3.63) is 83.8 Å². The summed E-state index contributed by atoms with van der Waals surface area (Å²) >= 11 is 0. The SMILES string of the molecule is COc1ccc(CNc2ccc(NC(=O)Cc3cccc(F)c3)nc2)cc1. The molecule has 27 heavy (non-hydrogen) atoms. The molecule has 0 aliphatic rings. The van der Waals surface area contributed by atoms with Crippen LogP contribution in [0.1, 0.15) is 11.1 Å². The summed E-state index contributed by atoms with van der Waals surface area (Å²) in [6.07, 6.45) is 1.75. The summed E-state index contributed by atoms with van der Waals surface area (Å²) in [5, 5.41) is 5.98. The molecule has 1 aromatic heterocycles. The number of nitrogens with zero attached hydrogens (tertiary/aromatic N) is 1. The van der Waals surface area contributed by atoms with Crippen LogP contribution in [-0.4, -0.2) is 18.0 Å². The standard InChI is InChI=1S/C21H20FN3O2/c1-27-19-8-5-15(6-9-19)13-23-18-7-10-20(24-14-18)25-21(26)12-16-3-2-4-17(22)11-16/h2-11,14,23H,12-13H2,1H3,(H,24,25,26). The van der Waals surface area contributed by atoms with Gasteiger partial charge in [-0.3, -0.25) is 4.79 Å². The highest BCUT2D eigenvalue weighted by molar-refractivity contribution is 5.91. The average molecular weight is 365 g/mol. The van der Waals surface area contributed by atoms with Gasteiger partial charge in [-0.05, 0) is 47.5 Å². The van der Waals surface area contributed by atoms with Gasteiger partial charge < -0.3 is 15.4 Å². The molecule has 5 nitrogen and oxygen atoms in total. The fourth-order valence-corrected chi connectivity index (χ4v) is 2.54. The third-order valence-electron chi connectivity index (χ3n) is 3.94. The molecule has 0 saturated carbocycles. The molecule has 1 amide bonds. The summed E-state index contributed by atoms with van der Waals surface area (Å²) in [5.41, 5.74) is 2.57. The summed E-state index contributed by atoms with van der Waals surface area (Å²) in [6.45, 7) is 0.650. The molecule has 3 rings (SSSR count). The predicted octanol–water partition coefficient (Wildman–Crippen LogP) is 4.02. The molecule has 0 radical (unpaired) electrons. The fraction of sp³-hybridized carbons (Fsp3) is 0.143. The largest absolute Gasteiger partial charge is 0.497 e. The summed E-state index contributed by atoms with van der Waals surface area (Å²) in [4.78, 5) is 16.3. The van der Waals surface area contributed by atoms with E-state index in [4.69, 9.17) is 4.74 Å². The minimum Gasteiger partial charge on any atom is -0.497 e. The average Bonchev–Trinajstić information content (AvgIpc) is 2.68. The Morgan fingerprint density at radius 2 is 1.89 bits per heavy atom. The Balaban J connectivity index is 1.51. The maximum absolute atomic E-state index is 13.2. The maximum Gasteiger partial charge on any atom is 0.229 e. The number of amides is 1. The van der Waals surface area contributed by atoms with Gasteiger partial charge in [0, 0.05) is 6.54 Å². The van der Waals surface area contributed by atoms with Crippen LogP contribution in [0.5, 0.6) is 5.75 Å². The number of aromatic nitrogens is 1. The number of methoxy groups -OCH3 is 1. The molecule has 1 heterocycles. The van der Waals surface area contributed by atoms with Crippen molar-refractivity contribution < 1.29 is 13.9 Å². The number of carbonyl (C=O) groups excluding carboxylic acids is 1. The summed E-state index contributed by atoms with van der Waals surface area (Å²) < 4.78 is 18.3. The second-order valence-electron chi connectivity index (χ2n) is 5.99. The van der Waals surface area contributed by atoms with E-state index in [1.54, 1.807) is 31.5 Å². The van der Waals surface area contributed by atoms with E-state index < -0.39 is 0 Å². The van der Waals surface area contributed by atoms with Crippen molar-refractivity contribution in [2.75, 3.05) is 17.7 Å². The van der Waals surface area contributed by atoms with Crippen LogP contribution in [0, 0.1) is 5.82 Å². The van der Waals surface area contributed by atoms with Gasteiger partial charge in [-0.25, -0.2) is 9.37 Å². The Morgan fingerprint density at radius 3 is 2.56 bits per heavy atom. The molecule has 0 saturated heterocycles. The number of benzene rings is 2. The van der Waals surface area contributed by atoms with Gasteiger partial charge >= 0.3 is 0 Å². The van der Waals surface area contributed by atoms with Crippen molar-refractivity contribution in [3.8, 4) is 5.75 Å². The molecular weight excluding hydrogens is 345 g/mol. The normalized spacial score (nSPS) is 10.3. The lowest BCUT2D eigenvalue weighted by atomic mass is 10.1. The van der Waals surface area contributed by atoms with Gasteiger partial charge in [-0.2, -0.15) is 0 Å². The van der Waals surface area contributed by atoms with Crippen molar-refractivity contribution >= 4 is 17.4 Å². The third kappa shape index (κ3) is 5.54. The Hall–Kier alpha value is -3.41. The first-order valence-electron chi connectivity index (χ1n) is 8.49. The van der Waals surface area contributed by atoms with Gasteiger partial charge in [-0.15, -0.1) is 0 Å². The Labute approximate surface area is 157 Å². The van der Waals surface area contributed by atoms with Crippen LogP contribution in [-0.2, 0) is 17.8 Å². The zero-order chi connectivity index (χ0) is 19.1. The quantitative estimate of drug-likeness (QED) is 0.664. The number of hydrogen-bond donors (Lipinski definition) is 2. The van der Waals surface area contributed by atoms with E-state index >= 15 is 0 Å². The highest BCUT2D eigenvalue weighted by Gasteiger charge is 2.06. The molecule has 0 spiro atoms. The fourth-order valence-electron chi connectivity index (χ4n) is 2.54. The van der Waals surface area contributed by atoms with Crippen molar-refractivity contribution in [3.63, 3.8) is 0 Å². The summed E-state index contributed by atoms with van der Waals surface area (Å²) in [6, 6.07) is 17.3.